The molecular weight excluding hydrogens is 284 g/mol. The summed E-state index contributed by atoms with van der Waals surface area (Å²) in [6, 6.07) is 18.1. The Morgan fingerprint density at radius 3 is 2.57 bits per heavy atom. The topological polar surface area (TPSA) is 33.2 Å². The second-order valence-corrected chi connectivity index (χ2v) is 6.32. The van der Waals surface area contributed by atoms with Crippen molar-refractivity contribution in [3.63, 3.8) is 0 Å². The zero-order valence-electron chi connectivity index (χ0n) is 13.3. The van der Waals surface area contributed by atoms with Gasteiger partial charge in [0.2, 0.25) is 0 Å². The van der Waals surface area contributed by atoms with Gasteiger partial charge in [0.25, 0.3) is 5.91 Å². The summed E-state index contributed by atoms with van der Waals surface area (Å²) < 4.78 is 0. The number of hydrogen-bond acceptors (Lipinski definition) is 2. The minimum absolute atomic E-state index is 0.0357. The summed E-state index contributed by atoms with van der Waals surface area (Å²) in [5.74, 6) is 0.505. The molecule has 1 amide bonds. The summed E-state index contributed by atoms with van der Waals surface area (Å²) in [5.41, 5.74) is 4.75. The predicted molar refractivity (Wildman–Crippen MR) is 92.8 cm³/mol. The van der Waals surface area contributed by atoms with E-state index >= 15 is 0 Å². The third-order valence-electron chi connectivity index (χ3n) is 4.44. The number of rotatable bonds is 2. The van der Waals surface area contributed by atoms with Gasteiger partial charge in [-0.15, -0.1) is 0 Å². The predicted octanol–water partition coefficient (Wildman–Crippen LogP) is 4.52. The zero-order valence-corrected chi connectivity index (χ0v) is 13.3. The Bertz CT molecular complexity index is 900. The van der Waals surface area contributed by atoms with E-state index in [-0.39, 0.29) is 5.91 Å². The highest BCUT2D eigenvalue weighted by Gasteiger charge is 2.30. The third kappa shape index (κ3) is 2.29. The van der Waals surface area contributed by atoms with Gasteiger partial charge in [0, 0.05) is 11.1 Å². The van der Waals surface area contributed by atoms with Crippen LogP contribution >= 0.6 is 0 Å². The SMILES string of the molecule is CC(C)c1ccc2cc3c(nc2c1)CN(c1ccccc1)C3=O. The number of carbonyl (C=O) groups excluding carboxylic acids is 1. The lowest BCUT2D eigenvalue weighted by Crippen LogP contribution is -2.22. The maximum Gasteiger partial charge on any atom is 0.260 e. The van der Waals surface area contributed by atoms with Crippen LogP contribution in [0.2, 0.25) is 0 Å². The quantitative estimate of drug-likeness (QED) is 0.697. The summed E-state index contributed by atoms with van der Waals surface area (Å²) in [7, 11) is 0. The number of fused-ring (bicyclic) bond motifs is 2. The fourth-order valence-electron chi connectivity index (χ4n) is 3.07. The molecular formula is C20H18N2O. The molecule has 2 aromatic carbocycles. The fourth-order valence-corrected chi connectivity index (χ4v) is 3.07. The molecule has 114 valence electrons. The van der Waals surface area contributed by atoms with Crippen molar-refractivity contribution in [3.05, 3.63) is 71.4 Å². The molecule has 0 unspecified atom stereocenters. The number of amides is 1. The van der Waals surface area contributed by atoms with Gasteiger partial charge in [0.05, 0.1) is 23.3 Å². The van der Waals surface area contributed by atoms with E-state index < -0.39 is 0 Å². The molecule has 1 aliphatic rings. The van der Waals surface area contributed by atoms with Crippen LogP contribution in [0, 0.1) is 0 Å². The molecule has 2 heterocycles. The molecule has 0 aliphatic carbocycles. The number of hydrogen-bond donors (Lipinski definition) is 0. The molecule has 3 heteroatoms. The second-order valence-electron chi connectivity index (χ2n) is 6.32. The Balaban J connectivity index is 1.80. The molecule has 3 aromatic rings. The number of nitrogens with zero attached hydrogens (tertiary/aromatic N) is 2. The molecule has 0 saturated heterocycles. The largest absolute Gasteiger partial charge is 0.302 e. The van der Waals surface area contributed by atoms with Crippen molar-refractivity contribution in [3.8, 4) is 0 Å². The number of anilines is 1. The van der Waals surface area contributed by atoms with Crippen LogP contribution in [-0.2, 0) is 6.54 Å². The summed E-state index contributed by atoms with van der Waals surface area (Å²) in [4.78, 5) is 19.3. The van der Waals surface area contributed by atoms with Gasteiger partial charge in [-0.05, 0) is 35.7 Å². The first-order valence-electron chi connectivity index (χ1n) is 7.94. The molecule has 0 fully saturated rings. The van der Waals surface area contributed by atoms with E-state index in [9.17, 15) is 4.79 Å². The summed E-state index contributed by atoms with van der Waals surface area (Å²) >= 11 is 0. The minimum atomic E-state index is 0.0357. The molecule has 0 spiro atoms. The van der Waals surface area contributed by atoms with Crippen molar-refractivity contribution in [2.75, 3.05) is 4.90 Å². The van der Waals surface area contributed by atoms with Gasteiger partial charge < -0.3 is 4.90 Å². The van der Waals surface area contributed by atoms with Crippen molar-refractivity contribution < 1.29 is 4.79 Å². The first-order chi connectivity index (χ1) is 11.1. The minimum Gasteiger partial charge on any atom is -0.302 e. The average molecular weight is 302 g/mol. The Morgan fingerprint density at radius 1 is 1.04 bits per heavy atom. The standard InChI is InChI=1S/C20H18N2O/c1-13(2)14-8-9-15-10-17-19(21-18(15)11-14)12-22(20(17)23)16-6-4-3-5-7-16/h3-11,13H,12H2,1-2H3. The maximum absolute atomic E-state index is 12.7. The van der Waals surface area contributed by atoms with Crippen LogP contribution in [0.25, 0.3) is 10.9 Å². The van der Waals surface area contributed by atoms with E-state index in [2.05, 4.69) is 32.0 Å². The maximum atomic E-state index is 12.7. The zero-order chi connectivity index (χ0) is 16.0. The summed E-state index contributed by atoms with van der Waals surface area (Å²) in [6.45, 7) is 4.89. The molecule has 1 aromatic heterocycles. The van der Waals surface area contributed by atoms with Gasteiger partial charge in [0.15, 0.2) is 0 Å². The molecule has 0 radical (unpaired) electrons. The molecule has 0 saturated carbocycles. The van der Waals surface area contributed by atoms with Gasteiger partial charge in [-0.2, -0.15) is 0 Å². The molecule has 3 nitrogen and oxygen atoms in total. The molecule has 4 rings (SSSR count). The monoisotopic (exact) mass is 302 g/mol. The Kier molecular flexibility index (Phi) is 3.15. The number of carbonyl (C=O) groups is 1. The Morgan fingerprint density at radius 2 is 1.83 bits per heavy atom. The highest BCUT2D eigenvalue weighted by atomic mass is 16.2. The number of para-hydroxylation sites is 1. The lowest BCUT2D eigenvalue weighted by Gasteiger charge is -2.14. The third-order valence-corrected chi connectivity index (χ3v) is 4.44. The smallest absolute Gasteiger partial charge is 0.260 e. The van der Waals surface area contributed by atoms with Crippen molar-refractivity contribution in [1.82, 2.24) is 4.98 Å². The lowest BCUT2D eigenvalue weighted by atomic mass is 10.0. The van der Waals surface area contributed by atoms with Gasteiger partial charge in [-0.25, -0.2) is 0 Å². The van der Waals surface area contributed by atoms with E-state index in [1.54, 1.807) is 4.90 Å². The van der Waals surface area contributed by atoms with Crippen LogP contribution in [-0.4, -0.2) is 10.9 Å². The van der Waals surface area contributed by atoms with Gasteiger partial charge in [-0.1, -0.05) is 44.2 Å². The van der Waals surface area contributed by atoms with Crippen LogP contribution in [0.3, 0.4) is 0 Å². The number of benzene rings is 2. The summed E-state index contributed by atoms with van der Waals surface area (Å²) in [6.07, 6.45) is 0. The highest BCUT2D eigenvalue weighted by Crippen LogP contribution is 2.30. The lowest BCUT2D eigenvalue weighted by molar-refractivity contribution is 0.0996. The molecule has 0 atom stereocenters. The van der Waals surface area contributed by atoms with E-state index in [1.807, 2.05) is 36.4 Å². The van der Waals surface area contributed by atoms with E-state index in [4.69, 9.17) is 4.98 Å². The van der Waals surface area contributed by atoms with Gasteiger partial charge in [-0.3, -0.25) is 9.78 Å². The fraction of sp³-hybridized carbons (Fsp3) is 0.200. The molecule has 0 bridgehead atoms. The molecule has 0 N–H and O–H groups in total. The van der Waals surface area contributed by atoms with E-state index in [0.29, 0.717) is 12.5 Å². The van der Waals surface area contributed by atoms with E-state index in [0.717, 1.165) is 27.8 Å². The van der Waals surface area contributed by atoms with Crippen LogP contribution < -0.4 is 4.90 Å². The van der Waals surface area contributed by atoms with Crippen molar-refractivity contribution >= 4 is 22.5 Å². The van der Waals surface area contributed by atoms with Gasteiger partial charge >= 0.3 is 0 Å². The number of aromatic nitrogens is 1. The van der Waals surface area contributed by atoms with Gasteiger partial charge in [0.1, 0.15) is 0 Å². The molecule has 23 heavy (non-hydrogen) atoms. The van der Waals surface area contributed by atoms with Crippen LogP contribution in [0.15, 0.2) is 54.6 Å². The van der Waals surface area contributed by atoms with Crippen molar-refractivity contribution in [2.24, 2.45) is 0 Å². The summed E-state index contributed by atoms with van der Waals surface area (Å²) in [5, 5.41) is 1.02. The Hall–Kier alpha value is -2.68. The Labute approximate surface area is 135 Å². The van der Waals surface area contributed by atoms with Crippen molar-refractivity contribution in [1.29, 1.82) is 0 Å². The highest BCUT2D eigenvalue weighted by molar-refractivity contribution is 6.11. The second kappa shape index (κ2) is 5.20. The number of pyridine rings is 1. The molecule has 1 aliphatic heterocycles. The average Bonchev–Trinajstić information content (AvgIpc) is 2.89. The van der Waals surface area contributed by atoms with E-state index in [1.165, 1.54) is 5.56 Å². The van der Waals surface area contributed by atoms with Crippen LogP contribution in [0.4, 0.5) is 5.69 Å². The van der Waals surface area contributed by atoms with Crippen LogP contribution in [0.1, 0.15) is 41.4 Å². The first kappa shape index (κ1) is 13.9. The normalized spacial score (nSPS) is 13.9. The first-order valence-corrected chi connectivity index (χ1v) is 7.94. The van der Waals surface area contributed by atoms with Crippen molar-refractivity contribution in [2.45, 2.75) is 26.3 Å². The van der Waals surface area contributed by atoms with Crippen LogP contribution in [0.5, 0.6) is 0 Å².